The molecule has 0 fully saturated rings. The van der Waals surface area contributed by atoms with Crippen molar-refractivity contribution in [2.24, 2.45) is 0 Å². The van der Waals surface area contributed by atoms with Crippen LogP contribution in [0.5, 0.6) is 0 Å². The SMILES string of the molecule is C1=CC(N(c2ccc(-c3cccc4oc5ccccc5c34)cc2)c2ccccc2-c2cccc3c2oc2cc4ccccc4cc23)=CCC1. The first-order valence-electron chi connectivity index (χ1n) is 16.9. The van der Waals surface area contributed by atoms with E-state index in [4.69, 9.17) is 8.83 Å². The molecule has 0 radical (unpaired) electrons. The van der Waals surface area contributed by atoms with Crippen molar-refractivity contribution in [1.29, 1.82) is 0 Å². The summed E-state index contributed by atoms with van der Waals surface area (Å²) in [7, 11) is 0. The molecule has 0 atom stereocenters. The normalized spacial score (nSPS) is 13.2. The molecule has 0 aliphatic heterocycles. The Bertz CT molecular complexity index is 2780. The topological polar surface area (TPSA) is 29.5 Å². The number of fused-ring (bicyclic) bond motifs is 7. The summed E-state index contributed by atoms with van der Waals surface area (Å²) in [5, 5.41) is 6.95. The van der Waals surface area contributed by atoms with E-state index in [1.54, 1.807) is 0 Å². The first kappa shape index (κ1) is 27.8. The Morgan fingerprint density at radius 2 is 1.20 bits per heavy atom. The molecule has 0 unspecified atom stereocenters. The average Bonchev–Trinajstić information content (AvgIpc) is 3.73. The molecule has 0 saturated heterocycles. The largest absolute Gasteiger partial charge is 0.456 e. The van der Waals surface area contributed by atoms with Gasteiger partial charge >= 0.3 is 0 Å². The van der Waals surface area contributed by atoms with E-state index in [9.17, 15) is 0 Å². The highest BCUT2D eigenvalue weighted by Gasteiger charge is 2.22. The molecule has 3 heteroatoms. The lowest BCUT2D eigenvalue weighted by atomic mass is 9.97. The zero-order chi connectivity index (χ0) is 32.3. The van der Waals surface area contributed by atoms with E-state index in [0.717, 1.165) is 90.5 Å². The molecule has 10 rings (SSSR count). The van der Waals surface area contributed by atoms with Gasteiger partial charge in [-0.25, -0.2) is 0 Å². The van der Waals surface area contributed by atoms with Crippen molar-refractivity contribution in [2.75, 3.05) is 4.90 Å². The average molecular weight is 630 g/mol. The smallest absolute Gasteiger partial charge is 0.143 e. The van der Waals surface area contributed by atoms with E-state index >= 15 is 0 Å². The molecule has 49 heavy (non-hydrogen) atoms. The minimum Gasteiger partial charge on any atom is -0.456 e. The van der Waals surface area contributed by atoms with Crippen LogP contribution in [0.25, 0.3) is 76.9 Å². The molecule has 7 aromatic carbocycles. The van der Waals surface area contributed by atoms with E-state index in [0.29, 0.717) is 0 Å². The van der Waals surface area contributed by atoms with Gasteiger partial charge in [0, 0.05) is 44.1 Å². The van der Waals surface area contributed by atoms with Crippen LogP contribution in [-0.2, 0) is 0 Å². The summed E-state index contributed by atoms with van der Waals surface area (Å²) in [4.78, 5) is 2.39. The van der Waals surface area contributed by atoms with Crippen molar-refractivity contribution in [1.82, 2.24) is 0 Å². The number of benzene rings is 7. The highest BCUT2D eigenvalue weighted by Crippen LogP contribution is 2.44. The zero-order valence-corrected chi connectivity index (χ0v) is 26.8. The summed E-state index contributed by atoms with van der Waals surface area (Å²) >= 11 is 0. The van der Waals surface area contributed by atoms with E-state index in [2.05, 4.69) is 157 Å². The first-order chi connectivity index (χ1) is 24.3. The second-order valence-corrected chi connectivity index (χ2v) is 12.8. The number of anilines is 2. The summed E-state index contributed by atoms with van der Waals surface area (Å²) in [6, 6.07) is 51.7. The Kier molecular flexibility index (Phi) is 6.31. The van der Waals surface area contributed by atoms with Crippen molar-refractivity contribution in [3.05, 3.63) is 170 Å². The summed E-state index contributed by atoms with van der Waals surface area (Å²) in [5.74, 6) is 0. The fourth-order valence-electron chi connectivity index (χ4n) is 7.59. The van der Waals surface area contributed by atoms with Crippen LogP contribution in [0.3, 0.4) is 0 Å². The number of allylic oxidation sites excluding steroid dienone is 3. The lowest BCUT2D eigenvalue weighted by Crippen LogP contribution is -2.17. The van der Waals surface area contributed by atoms with Gasteiger partial charge in [-0.05, 0) is 83.3 Å². The highest BCUT2D eigenvalue weighted by molar-refractivity contribution is 6.14. The Morgan fingerprint density at radius 1 is 0.490 bits per heavy atom. The maximum Gasteiger partial charge on any atom is 0.143 e. The molecule has 3 nitrogen and oxygen atoms in total. The van der Waals surface area contributed by atoms with Gasteiger partial charge in [0.15, 0.2) is 0 Å². The molecular weight excluding hydrogens is 599 g/mol. The number of hydrogen-bond acceptors (Lipinski definition) is 3. The predicted molar refractivity (Wildman–Crippen MR) is 204 cm³/mol. The molecule has 9 aromatic rings. The van der Waals surface area contributed by atoms with Gasteiger partial charge in [-0.1, -0.05) is 115 Å². The van der Waals surface area contributed by atoms with Gasteiger partial charge in [0.2, 0.25) is 0 Å². The van der Waals surface area contributed by atoms with Crippen LogP contribution < -0.4 is 4.90 Å². The van der Waals surface area contributed by atoms with Gasteiger partial charge in [0.1, 0.15) is 22.3 Å². The number of furan rings is 2. The molecular formula is C46H31NO2. The number of hydrogen-bond donors (Lipinski definition) is 0. The Hall–Kier alpha value is -6.32. The third-order valence-electron chi connectivity index (χ3n) is 9.87. The predicted octanol–water partition coefficient (Wildman–Crippen LogP) is 13.3. The second-order valence-electron chi connectivity index (χ2n) is 12.8. The Morgan fingerprint density at radius 3 is 2.08 bits per heavy atom. The quantitative estimate of drug-likeness (QED) is 0.190. The molecule has 0 saturated carbocycles. The molecule has 0 bridgehead atoms. The lowest BCUT2D eigenvalue weighted by Gasteiger charge is -2.30. The van der Waals surface area contributed by atoms with Crippen LogP contribution in [0.2, 0.25) is 0 Å². The van der Waals surface area contributed by atoms with Gasteiger partial charge in [0.05, 0.1) is 5.69 Å². The van der Waals surface area contributed by atoms with Crippen LogP contribution in [0.1, 0.15) is 12.8 Å². The summed E-state index contributed by atoms with van der Waals surface area (Å²) in [6.45, 7) is 0. The third kappa shape index (κ3) is 4.51. The molecule has 2 aromatic heterocycles. The van der Waals surface area contributed by atoms with Crippen molar-refractivity contribution in [3.8, 4) is 22.3 Å². The van der Waals surface area contributed by atoms with Crippen LogP contribution in [-0.4, -0.2) is 0 Å². The second kappa shape index (κ2) is 11.1. The Balaban J connectivity index is 1.13. The van der Waals surface area contributed by atoms with E-state index in [1.807, 2.05) is 12.1 Å². The highest BCUT2D eigenvalue weighted by atomic mass is 16.3. The minimum absolute atomic E-state index is 0.906. The third-order valence-corrected chi connectivity index (χ3v) is 9.87. The monoisotopic (exact) mass is 629 g/mol. The maximum absolute atomic E-state index is 6.70. The standard InChI is InChI=1S/C46H31NO2/c1-2-14-33(15-3-1)47(34-26-24-30(25-27-34)35-18-11-23-43-45(35)39-17-7-9-22-42(39)48-43)41-21-8-6-16-36(41)37-19-10-20-38-40-28-31-12-4-5-13-32(31)29-44(40)49-46(37)38/h2,4-29H,1,3H2. The van der Waals surface area contributed by atoms with Gasteiger partial charge in [-0.15, -0.1) is 0 Å². The molecule has 1 aliphatic carbocycles. The number of para-hydroxylation sites is 3. The molecule has 0 spiro atoms. The van der Waals surface area contributed by atoms with E-state index < -0.39 is 0 Å². The van der Waals surface area contributed by atoms with E-state index in [1.165, 1.54) is 16.3 Å². The maximum atomic E-state index is 6.70. The van der Waals surface area contributed by atoms with Crippen molar-refractivity contribution in [3.63, 3.8) is 0 Å². The van der Waals surface area contributed by atoms with Gasteiger partial charge in [-0.2, -0.15) is 0 Å². The van der Waals surface area contributed by atoms with Crippen molar-refractivity contribution >= 4 is 66.0 Å². The van der Waals surface area contributed by atoms with Gasteiger partial charge < -0.3 is 13.7 Å². The number of nitrogens with zero attached hydrogens (tertiary/aromatic N) is 1. The molecule has 2 heterocycles. The van der Waals surface area contributed by atoms with E-state index in [-0.39, 0.29) is 0 Å². The molecule has 0 amide bonds. The fraction of sp³-hybridized carbons (Fsp3) is 0.0435. The fourth-order valence-corrected chi connectivity index (χ4v) is 7.59. The molecule has 0 N–H and O–H groups in total. The minimum atomic E-state index is 0.906. The first-order valence-corrected chi connectivity index (χ1v) is 16.9. The molecule has 232 valence electrons. The van der Waals surface area contributed by atoms with Gasteiger partial charge in [-0.3, -0.25) is 0 Å². The van der Waals surface area contributed by atoms with Crippen molar-refractivity contribution in [2.45, 2.75) is 12.8 Å². The molecule has 1 aliphatic rings. The van der Waals surface area contributed by atoms with Crippen LogP contribution in [0.15, 0.2) is 178 Å². The van der Waals surface area contributed by atoms with Gasteiger partial charge in [0.25, 0.3) is 0 Å². The summed E-state index contributed by atoms with van der Waals surface area (Å²) in [6.07, 6.45) is 8.92. The van der Waals surface area contributed by atoms with Crippen molar-refractivity contribution < 1.29 is 8.83 Å². The number of rotatable bonds is 5. The summed E-state index contributed by atoms with van der Waals surface area (Å²) < 4.78 is 12.9. The lowest BCUT2D eigenvalue weighted by molar-refractivity contribution is 0.669. The van der Waals surface area contributed by atoms with Crippen LogP contribution in [0, 0.1) is 0 Å². The Labute approximate surface area is 283 Å². The zero-order valence-electron chi connectivity index (χ0n) is 26.8. The summed E-state index contributed by atoms with van der Waals surface area (Å²) in [5.41, 5.74) is 11.5. The van der Waals surface area contributed by atoms with Crippen LogP contribution in [0.4, 0.5) is 11.4 Å². The van der Waals surface area contributed by atoms with Crippen LogP contribution >= 0.6 is 0 Å².